The van der Waals surface area contributed by atoms with Crippen molar-refractivity contribution in [2.24, 2.45) is 0 Å². The van der Waals surface area contributed by atoms with E-state index in [2.05, 4.69) is 265 Å². The first kappa shape index (κ1) is 37.6. The molecular weight excluding hydrogens is 809 g/mol. The Balaban J connectivity index is 1.12. The van der Waals surface area contributed by atoms with Crippen LogP contribution in [0.25, 0.3) is 66.4 Å². The molecule has 11 aromatic rings. The number of fused-ring (bicyclic) bond motifs is 19. The molecule has 1 atom stereocenters. The maximum absolute atomic E-state index is 2.53. The largest absolute Gasteiger partial charge is 0.308 e. The summed E-state index contributed by atoms with van der Waals surface area (Å²) in [6, 6.07) is 94.9. The summed E-state index contributed by atoms with van der Waals surface area (Å²) in [6.07, 6.45) is 0. The van der Waals surface area contributed by atoms with E-state index in [4.69, 9.17) is 0 Å². The van der Waals surface area contributed by atoms with E-state index in [0.717, 1.165) is 34.1 Å². The smallest absolute Gasteiger partial charge is 0.0781 e. The minimum atomic E-state index is -0.652. The average Bonchev–Trinajstić information content (AvgIpc) is 3.57. The standard InChI is InChI=1S/C65H42N2/c1-3-21-44(22-4-1)66(62-37-19-33-55-51-29-12-11-28-50(51)54-31-15-18-36-61(54)67(64(55)62)45-23-5-2-6-24-45)46-39-40-53-49-27-10-9-26-48(49)52-30-13-16-34-57(52)65(60(53)42-46)58-35-17-14-32-56(58)63-47-25-8-7-20-43(47)38-41-59(63)65/h1-42H. The van der Waals surface area contributed by atoms with Crippen LogP contribution in [0.1, 0.15) is 22.3 Å². The molecule has 0 aromatic heterocycles. The van der Waals surface area contributed by atoms with E-state index >= 15 is 0 Å². The monoisotopic (exact) mass is 850 g/mol. The van der Waals surface area contributed by atoms with Crippen molar-refractivity contribution in [1.82, 2.24) is 0 Å². The topological polar surface area (TPSA) is 6.48 Å². The first-order chi connectivity index (χ1) is 33.3. The minimum absolute atomic E-state index is 0.652. The molecule has 2 nitrogen and oxygen atoms in total. The second-order valence-corrected chi connectivity index (χ2v) is 17.9. The molecule has 1 unspecified atom stereocenters. The molecule has 0 saturated heterocycles. The predicted octanol–water partition coefficient (Wildman–Crippen LogP) is 17.4. The lowest BCUT2D eigenvalue weighted by atomic mass is 9.65. The van der Waals surface area contributed by atoms with E-state index in [1.165, 1.54) is 88.7 Å². The van der Waals surface area contributed by atoms with Gasteiger partial charge in [-0.25, -0.2) is 0 Å². The van der Waals surface area contributed by atoms with Crippen LogP contribution in [0.15, 0.2) is 255 Å². The highest BCUT2D eigenvalue weighted by Gasteiger charge is 2.50. The highest BCUT2D eigenvalue weighted by molar-refractivity contribution is 6.09. The molecule has 0 bridgehead atoms. The highest BCUT2D eigenvalue weighted by Crippen LogP contribution is 2.64. The van der Waals surface area contributed by atoms with Gasteiger partial charge >= 0.3 is 0 Å². The van der Waals surface area contributed by atoms with Crippen LogP contribution in [0, 0.1) is 0 Å². The van der Waals surface area contributed by atoms with Crippen LogP contribution in [0.5, 0.6) is 0 Å². The van der Waals surface area contributed by atoms with Gasteiger partial charge in [-0.15, -0.1) is 0 Å². The van der Waals surface area contributed by atoms with Crippen LogP contribution in [-0.2, 0) is 5.41 Å². The van der Waals surface area contributed by atoms with Gasteiger partial charge in [0.05, 0.1) is 22.5 Å². The SMILES string of the molecule is c1ccc(N(c2ccc3c(c2)C2(c4ccccc4-c4ccccc4-3)c3ccccc3-c3c2ccc2ccccc32)c2cccc3c2N(c2ccccc2)c2ccccc2-c2ccccc2-3)cc1. The molecule has 1 heterocycles. The van der Waals surface area contributed by atoms with Gasteiger partial charge in [0.15, 0.2) is 0 Å². The second-order valence-electron chi connectivity index (χ2n) is 17.9. The normalized spacial score (nSPS) is 14.6. The zero-order valence-electron chi connectivity index (χ0n) is 36.6. The zero-order chi connectivity index (χ0) is 44.1. The van der Waals surface area contributed by atoms with Gasteiger partial charge in [0.1, 0.15) is 0 Å². The van der Waals surface area contributed by atoms with Gasteiger partial charge in [-0.3, -0.25) is 0 Å². The molecule has 0 radical (unpaired) electrons. The Kier molecular flexibility index (Phi) is 8.23. The fourth-order valence-electron chi connectivity index (χ4n) is 12.0. The van der Waals surface area contributed by atoms with Gasteiger partial charge in [0, 0.05) is 28.2 Å². The summed E-state index contributed by atoms with van der Waals surface area (Å²) < 4.78 is 0. The quantitative estimate of drug-likeness (QED) is 0.174. The van der Waals surface area contributed by atoms with Crippen molar-refractivity contribution in [1.29, 1.82) is 0 Å². The molecule has 1 aliphatic heterocycles. The molecular formula is C65H42N2. The molecule has 2 heteroatoms. The summed E-state index contributed by atoms with van der Waals surface area (Å²) in [4.78, 5) is 4.99. The van der Waals surface area contributed by atoms with E-state index in [9.17, 15) is 0 Å². The van der Waals surface area contributed by atoms with Crippen LogP contribution < -0.4 is 9.80 Å². The van der Waals surface area contributed by atoms with E-state index in [1.807, 2.05) is 0 Å². The van der Waals surface area contributed by atoms with Gasteiger partial charge in [-0.1, -0.05) is 206 Å². The number of anilines is 6. The summed E-state index contributed by atoms with van der Waals surface area (Å²) in [6.45, 7) is 0. The molecule has 312 valence electrons. The summed E-state index contributed by atoms with van der Waals surface area (Å²) >= 11 is 0. The third-order valence-electron chi connectivity index (χ3n) is 14.6. The maximum atomic E-state index is 2.53. The van der Waals surface area contributed by atoms with Crippen molar-refractivity contribution in [3.05, 3.63) is 277 Å². The Morgan fingerprint density at radius 3 is 1.60 bits per heavy atom. The first-order valence-electron chi connectivity index (χ1n) is 23.3. The lowest BCUT2D eigenvalue weighted by Gasteiger charge is -2.37. The van der Waals surface area contributed by atoms with Gasteiger partial charge in [-0.2, -0.15) is 0 Å². The molecule has 3 aliphatic rings. The number of hydrogen-bond donors (Lipinski definition) is 0. The van der Waals surface area contributed by atoms with Gasteiger partial charge < -0.3 is 9.80 Å². The summed E-state index contributed by atoms with van der Waals surface area (Å²) in [5, 5.41) is 2.53. The molecule has 2 aliphatic carbocycles. The van der Waals surface area contributed by atoms with E-state index in [0.29, 0.717) is 0 Å². The molecule has 67 heavy (non-hydrogen) atoms. The van der Waals surface area contributed by atoms with E-state index < -0.39 is 5.41 Å². The molecule has 0 amide bonds. The van der Waals surface area contributed by atoms with Gasteiger partial charge in [-0.05, 0) is 126 Å². The third-order valence-corrected chi connectivity index (χ3v) is 14.6. The second kappa shape index (κ2) is 14.7. The molecule has 0 fully saturated rings. The van der Waals surface area contributed by atoms with E-state index in [1.54, 1.807) is 0 Å². The Labute approximate surface area is 390 Å². The Morgan fingerprint density at radius 1 is 0.313 bits per heavy atom. The van der Waals surface area contributed by atoms with Crippen molar-refractivity contribution < 1.29 is 0 Å². The zero-order valence-corrected chi connectivity index (χ0v) is 36.6. The summed E-state index contributed by atoms with van der Waals surface area (Å²) in [7, 11) is 0. The van der Waals surface area contributed by atoms with Gasteiger partial charge in [0.2, 0.25) is 0 Å². The number of benzene rings is 11. The van der Waals surface area contributed by atoms with Gasteiger partial charge in [0.25, 0.3) is 0 Å². The summed E-state index contributed by atoms with van der Waals surface area (Å²) in [5.74, 6) is 0. The minimum Gasteiger partial charge on any atom is -0.308 e. The number of para-hydroxylation sites is 4. The van der Waals surface area contributed by atoms with Crippen LogP contribution in [0.4, 0.5) is 34.1 Å². The van der Waals surface area contributed by atoms with Crippen molar-refractivity contribution in [2.45, 2.75) is 5.41 Å². The highest BCUT2D eigenvalue weighted by atomic mass is 15.2. The lowest BCUT2D eigenvalue weighted by Crippen LogP contribution is -2.29. The van der Waals surface area contributed by atoms with Crippen LogP contribution in [0.3, 0.4) is 0 Å². The maximum Gasteiger partial charge on any atom is 0.0781 e. The third kappa shape index (κ3) is 5.33. The molecule has 0 N–H and O–H groups in total. The lowest BCUT2D eigenvalue weighted by molar-refractivity contribution is 0.776. The van der Waals surface area contributed by atoms with Crippen LogP contribution in [-0.4, -0.2) is 0 Å². The Hall–Kier alpha value is -8.72. The fourth-order valence-corrected chi connectivity index (χ4v) is 12.0. The summed E-state index contributed by atoms with van der Waals surface area (Å²) in [5.41, 5.74) is 23.5. The van der Waals surface area contributed by atoms with Crippen molar-refractivity contribution in [3.8, 4) is 55.6 Å². The number of nitrogens with zero attached hydrogens (tertiary/aromatic N) is 2. The van der Waals surface area contributed by atoms with Crippen LogP contribution >= 0.6 is 0 Å². The Bertz CT molecular complexity index is 3780. The van der Waals surface area contributed by atoms with E-state index in [-0.39, 0.29) is 0 Å². The molecule has 14 rings (SSSR count). The van der Waals surface area contributed by atoms with Crippen molar-refractivity contribution in [3.63, 3.8) is 0 Å². The van der Waals surface area contributed by atoms with Crippen molar-refractivity contribution in [2.75, 3.05) is 9.80 Å². The average molecular weight is 851 g/mol. The number of rotatable bonds is 4. The number of hydrogen-bond acceptors (Lipinski definition) is 2. The Morgan fingerprint density at radius 2 is 0.851 bits per heavy atom. The molecule has 0 saturated carbocycles. The van der Waals surface area contributed by atoms with Crippen LogP contribution in [0.2, 0.25) is 0 Å². The fraction of sp³-hybridized carbons (Fsp3) is 0.0154. The first-order valence-corrected chi connectivity index (χ1v) is 23.3. The molecule has 11 aromatic carbocycles. The predicted molar refractivity (Wildman–Crippen MR) is 279 cm³/mol. The molecule has 1 spiro atoms. The van der Waals surface area contributed by atoms with Crippen molar-refractivity contribution >= 4 is 44.9 Å².